The number of hydrogen-bond acceptors (Lipinski definition) is 5. The molecule has 1 aliphatic rings. The van der Waals surface area contributed by atoms with Crippen LogP contribution in [0, 0.1) is 0 Å². The Hall–Kier alpha value is -3.40. The minimum absolute atomic E-state index is 0.0919. The number of rotatable bonds is 6. The van der Waals surface area contributed by atoms with Crippen LogP contribution in [0.15, 0.2) is 71.6 Å². The summed E-state index contributed by atoms with van der Waals surface area (Å²) in [6.45, 7) is 1.98. The topological polar surface area (TPSA) is 96.0 Å². The van der Waals surface area contributed by atoms with E-state index in [1.54, 1.807) is 42.2 Å². The van der Waals surface area contributed by atoms with Gasteiger partial charge in [0.25, 0.3) is 11.8 Å². The Bertz CT molecular complexity index is 1390. The van der Waals surface area contributed by atoms with Crippen molar-refractivity contribution < 1.29 is 22.7 Å². The third kappa shape index (κ3) is 5.17. The predicted octanol–water partition coefficient (Wildman–Crippen LogP) is 4.16. The van der Waals surface area contributed by atoms with E-state index in [0.717, 1.165) is 9.87 Å². The molecule has 10 heteroatoms. The highest BCUT2D eigenvalue weighted by Crippen LogP contribution is 2.37. The standard InChI is InChI=1S/C25H24ClN3O5S/c1-16-25(31)29(15-17-5-4-6-19(26)13-17)22-14-20(9-12-23(22)34-16)27-24(30)18-7-10-21(11-8-18)35(32,33)28(2)3/h4-14,16H,15H2,1-3H3,(H,27,30). The van der Waals surface area contributed by atoms with Gasteiger partial charge < -0.3 is 15.0 Å². The van der Waals surface area contributed by atoms with Crippen LogP contribution in [0.1, 0.15) is 22.8 Å². The van der Waals surface area contributed by atoms with Gasteiger partial charge in [0.05, 0.1) is 17.1 Å². The molecular weight excluding hydrogens is 490 g/mol. The molecule has 2 amide bonds. The maximum Gasteiger partial charge on any atom is 0.268 e. The van der Waals surface area contributed by atoms with E-state index in [9.17, 15) is 18.0 Å². The number of fused-ring (bicyclic) bond motifs is 1. The Morgan fingerprint density at radius 1 is 1.09 bits per heavy atom. The highest BCUT2D eigenvalue weighted by molar-refractivity contribution is 7.89. The summed E-state index contributed by atoms with van der Waals surface area (Å²) >= 11 is 6.11. The van der Waals surface area contributed by atoms with Crippen molar-refractivity contribution in [3.05, 3.63) is 82.9 Å². The lowest BCUT2D eigenvalue weighted by Crippen LogP contribution is -2.44. The van der Waals surface area contributed by atoms with Gasteiger partial charge in [-0.2, -0.15) is 0 Å². The number of carbonyl (C=O) groups is 2. The van der Waals surface area contributed by atoms with E-state index in [1.165, 1.54) is 38.4 Å². The molecule has 1 N–H and O–H groups in total. The van der Waals surface area contributed by atoms with Crippen LogP contribution in [-0.2, 0) is 21.4 Å². The van der Waals surface area contributed by atoms with Crippen molar-refractivity contribution in [2.45, 2.75) is 24.5 Å². The predicted molar refractivity (Wildman–Crippen MR) is 134 cm³/mol. The second-order valence-electron chi connectivity index (χ2n) is 8.26. The van der Waals surface area contributed by atoms with Gasteiger partial charge in [-0.25, -0.2) is 12.7 Å². The van der Waals surface area contributed by atoms with Crippen molar-refractivity contribution in [3.8, 4) is 5.75 Å². The quantitative estimate of drug-likeness (QED) is 0.534. The van der Waals surface area contributed by atoms with Crippen molar-refractivity contribution in [2.75, 3.05) is 24.3 Å². The third-order valence-electron chi connectivity index (χ3n) is 5.55. The molecule has 1 aliphatic heterocycles. The molecule has 0 saturated carbocycles. The van der Waals surface area contributed by atoms with Crippen molar-refractivity contribution in [1.82, 2.24) is 4.31 Å². The van der Waals surface area contributed by atoms with Crippen molar-refractivity contribution in [3.63, 3.8) is 0 Å². The summed E-state index contributed by atoms with van der Waals surface area (Å²) in [5, 5.41) is 3.37. The Morgan fingerprint density at radius 3 is 2.46 bits per heavy atom. The van der Waals surface area contributed by atoms with Gasteiger partial charge in [0.2, 0.25) is 10.0 Å². The van der Waals surface area contributed by atoms with Crippen LogP contribution in [0.25, 0.3) is 0 Å². The van der Waals surface area contributed by atoms with E-state index >= 15 is 0 Å². The largest absolute Gasteiger partial charge is 0.479 e. The molecule has 0 radical (unpaired) electrons. The van der Waals surface area contributed by atoms with Crippen LogP contribution in [0.5, 0.6) is 5.75 Å². The summed E-state index contributed by atoms with van der Waals surface area (Å²) in [5.41, 5.74) is 2.13. The van der Waals surface area contributed by atoms with Gasteiger partial charge in [-0.15, -0.1) is 0 Å². The number of halogens is 1. The summed E-state index contributed by atoms with van der Waals surface area (Å²) in [6, 6.07) is 18.0. The van der Waals surface area contributed by atoms with Crippen LogP contribution < -0.4 is 15.0 Å². The number of nitrogens with one attached hydrogen (secondary N) is 1. The molecule has 0 spiro atoms. The van der Waals surface area contributed by atoms with Crippen molar-refractivity contribution >= 4 is 44.8 Å². The molecule has 182 valence electrons. The van der Waals surface area contributed by atoms with Gasteiger partial charge in [0.15, 0.2) is 6.10 Å². The Labute approximate surface area is 209 Å². The third-order valence-corrected chi connectivity index (χ3v) is 7.61. The second-order valence-corrected chi connectivity index (χ2v) is 10.9. The fraction of sp³-hybridized carbons (Fsp3) is 0.200. The van der Waals surface area contributed by atoms with Crippen molar-refractivity contribution in [2.24, 2.45) is 0 Å². The second kappa shape index (κ2) is 9.69. The highest BCUT2D eigenvalue weighted by Gasteiger charge is 2.32. The molecule has 1 atom stereocenters. The molecule has 3 aromatic carbocycles. The van der Waals surface area contributed by atoms with E-state index in [1.807, 2.05) is 12.1 Å². The minimum Gasteiger partial charge on any atom is -0.479 e. The Kier molecular flexibility index (Phi) is 6.84. The SMILES string of the molecule is CC1Oc2ccc(NC(=O)c3ccc(S(=O)(=O)N(C)C)cc3)cc2N(Cc2cccc(Cl)c2)C1=O. The van der Waals surface area contributed by atoms with Crippen LogP contribution >= 0.6 is 11.6 Å². The zero-order valence-electron chi connectivity index (χ0n) is 19.4. The molecule has 4 rings (SSSR count). The van der Waals surface area contributed by atoms with Crippen LogP contribution in [0.2, 0.25) is 5.02 Å². The number of hydrogen-bond donors (Lipinski definition) is 1. The Morgan fingerprint density at radius 2 is 1.80 bits per heavy atom. The average molecular weight is 514 g/mol. The van der Waals surface area contributed by atoms with E-state index < -0.39 is 22.0 Å². The zero-order valence-corrected chi connectivity index (χ0v) is 20.9. The number of benzene rings is 3. The van der Waals surface area contributed by atoms with Crippen molar-refractivity contribution in [1.29, 1.82) is 0 Å². The average Bonchev–Trinajstić information content (AvgIpc) is 2.82. The number of carbonyl (C=O) groups excluding carboxylic acids is 2. The fourth-order valence-electron chi connectivity index (χ4n) is 3.66. The van der Waals surface area contributed by atoms with Gasteiger partial charge in [0, 0.05) is 30.4 Å². The van der Waals surface area contributed by atoms with E-state index in [-0.39, 0.29) is 16.4 Å². The summed E-state index contributed by atoms with van der Waals surface area (Å²) < 4.78 is 31.3. The maximum absolute atomic E-state index is 12.9. The van der Waals surface area contributed by atoms with Crippen LogP contribution in [0.4, 0.5) is 11.4 Å². The first-order chi connectivity index (χ1) is 16.6. The lowest BCUT2D eigenvalue weighted by molar-refractivity contribution is -0.125. The molecule has 0 fully saturated rings. The summed E-state index contributed by atoms with van der Waals surface area (Å²) in [4.78, 5) is 27.4. The van der Waals surface area contributed by atoms with Gasteiger partial charge in [0.1, 0.15) is 5.75 Å². The molecule has 0 aromatic heterocycles. The molecule has 1 heterocycles. The molecule has 3 aromatic rings. The number of amides is 2. The molecule has 0 saturated heterocycles. The summed E-state index contributed by atoms with van der Waals surface area (Å²) in [7, 11) is -0.708. The lowest BCUT2D eigenvalue weighted by Gasteiger charge is -2.33. The molecule has 1 unspecified atom stereocenters. The first-order valence-electron chi connectivity index (χ1n) is 10.8. The minimum atomic E-state index is -3.59. The summed E-state index contributed by atoms with van der Waals surface area (Å²) in [6.07, 6.45) is -0.654. The molecule has 0 bridgehead atoms. The number of nitrogens with zero attached hydrogens (tertiary/aromatic N) is 2. The Balaban J connectivity index is 1.58. The monoisotopic (exact) mass is 513 g/mol. The fourth-order valence-corrected chi connectivity index (χ4v) is 4.77. The van der Waals surface area contributed by atoms with E-state index in [0.29, 0.717) is 28.7 Å². The molecule has 35 heavy (non-hydrogen) atoms. The number of anilines is 2. The lowest BCUT2D eigenvalue weighted by atomic mass is 10.1. The first-order valence-corrected chi connectivity index (χ1v) is 12.6. The van der Waals surface area contributed by atoms with Gasteiger partial charge >= 0.3 is 0 Å². The maximum atomic E-state index is 12.9. The first kappa shape index (κ1) is 24.7. The number of sulfonamides is 1. The normalized spacial score (nSPS) is 15.5. The smallest absolute Gasteiger partial charge is 0.268 e. The summed E-state index contributed by atoms with van der Waals surface area (Å²) in [5.74, 6) is -0.106. The van der Waals surface area contributed by atoms with Gasteiger partial charge in [-0.1, -0.05) is 23.7 Å². The van der Waals surface area contributed by atoms with Gasteiger partial charge in [-0.3, -0.25) is 9.59 Å². The highest BCUT2D eigenvalue weighted by atomic mass is 35.5. The molecule has 8 nitrogen and oxygen atoms in total. The van der Waals surface area contributed by atoms with E-state index in [2.05, 4.69) is 5.32 Å². The zero-order chi connectivity index (χ0) is 25.3. The molecule has 0 aliphatic carbocycles. The van der Waals surface area contributed by atoms with E-state index in [4.69, 9.17) is 16.3 Å². The van der Waals surface area contributed by atoms with Crippen LogP contribution in [0.3, 0.4) is 0 Å². The molecular formula is C25H24ClN3O5S. The number of ether oxygens (including phenoxy) is 1. The van der Waals surface area contributed by atoms with Gasteiger partial charge in [-0.05, 0) is 67.1 Å². The van der Waals surface area contributed by atoms with Crippen LogP contribution in [-0.4, -0.2) is 44.7 Å².